The summed E-state index contributed by atoms with van der Waals surface area (Å²) in [6.45, 7) is 6.56. The van der Waals surface area contributed by atoms with Crippen LogP contribution in [0.3, 0.4) is 0 Å². The summed E-state index contributed by atoms with van der Waals surface area (Å²) in [6, 6.07) is 12.9. The molecule has 1 amide bonds. The highest BCUT2D eigenvalue weighted by Gasteiger charge is 2.14. The van der Waals surface area contributed by atoms with Gasteiger partial charge in [-0.2, -0.15) is 0 Å². The second kappa shape index (κ2) is 8.60. The van der Waals surface area contributed by atoms with E-state index in [1.165, 1.54) is 5.56 Å². The van der Waals surface area contributed by atoms with Gasteiger partial charge in [-0.05, 0) is 68.3 Å². The molecule has 0 unspecified atom stereocenters. The number of halogens is 1. The molecule has 0 aliphatic carbocycles. The summed E-state index contributed by atoms with van der Waals surface area (Å²) in [6.07, 6.45) is -0.567. The van der Waals surface area contributed by atoms with Crippen molar-refractivity contribution < 1.29 is 14.3 Å². The van der Waals surface area contributed by atoms with Crippen LogP contribution >= 0.6 is 11.6 Å². The Kier molecular flexibility index (Phi) is 6.50. The quantitative estimate of drug-likeness (QED) is 0.772. The number of nitrogens with one attached hydrogen (secondary N) is 1. The predicted octanol–water partition coefficient (Wildman–Crippen LogP) is 3.92. The lowest BCUT2D eigenvalue weighted by atomic mass is 10.1. The van der Waals surface area contributed by atoms with Gasteiger partial charge in [0.1, 0.15) is 18.1 Å². The van der Waals surface area contributed by atoms with Gasteiger partial charge in [-0.25, -0.2) is 0 Å². The molecular weight excluding hydrogens is 326 g/mol. The molecule has 0 spiro atoms. The zero-order valence-corrected chi connectivity index (χ0v) is 14.9. The van der Waals surface area contributed by atoms with Crippen LogP contribution < -0.4 is 14.8 Å². The van der Waals surface area contributed by atoms with Gasteiger partial charge in [0.25, 0.3) is 5.91 Å². The van der Waals surface area contributed by atoms with Crippen molar-refractivity contribution >= 4 is 17.5 Å². The fraction of sp³-hybridized carbons (Fsp3) is 0.316. The van der Waals surface area contributed by atoms with Crippen molar-refractivity contribution in [3.63, 3.8) is 0 Å². The van der Waals surface area contributed by atoms with Crippen molar-refractivity contribution in [3.8, 4) is 11.5 Å². The average molecular weight is 348 g/mol. The minimum Gasteiger partial charge on any atom is -0.492 e. The molecular formula is C19H22ClNO3. The van der Waals surface area contributed by atoms with Crippen molar-refractivity contribution in [2.45, 2.75) is 26.9 Å². The van der Waals surface area contributed by atoms with Gasteiger partial charge >= 0.3 is 0 Å². The third-order valence-electron chi connectivity index (χ3n) is 3.64. The number of benzene rings is 2. The highest BCUT2D eigenvalue weighted by atomic mass is 35.5. The van der Waals surface area contributed by atoms with Gasteiger partial charge in [0.05, 0.1) is 6.54 Å². The molecule has 0 aromatic heterocycles. The van der Waals surface area contributed by atoms with Gasteiger partial charge in [-0.15, -0.1) is 0 Å². The van der Waals surface area contributed by atoms with Gasteiger partial charge in [0.2, 0.25) is 0 Å². The van der Waals surface area contributed by atoms with E-state index in [9.17, 15) is 4.79 Å². The number of rotatable bonds is 7. The summed E-state index contributed by atoms with van der Waals surface area (Å²) in [5, 5.41) is 3.46. The van der Waals surface area contributed by atoms with Crippen LogP contribution in [0.1, 0.15) is 18.1 Å². The summed E-state index contributed by atoms with van der Waals surface area (Å²) in [4.78, 5) is 12.0. The molecule has 0 aliphatic heterocycles. The molecule has 0 radical (unpaired) electrons. The number of aryl methyl sites for hydroxylation is 2. The van der Waals surface area contributed by atoms with Gasteiger partial charge in [0, 0.05) is 5.02 Å². The minimum absolute atomic E-state index is 0.173. The van der Waals surface area contributed by atoms with E-state index in [0.717, 1.165) is 5.56 Å². The first-order valence-corrected chi connectivity index (χ1v) is 8.23. The first-order valence-electron chi connectivity index (χ1n) is 7.85. The van der Waals surface area contributed by atoms with Crippen molar-refractivity contribution in [1.82, 2.24) is 5.32 Å². The smallest absolute Gasteiger partial charge is 0.260 e. The Morgan fingerprint density at radius 2 is 1.75 bits per heavy atom. The number of ether oxygens (including phenoxy) is 2. The van der Waals surface area contributed by atoms with E-state index in [1.807, 2.05) is 32.0 Å². The van der Waals surface area contributed by atoms with E-state index in [2.05, 4.69) is 5.32 Å². The molecule has 1 atom stereocenters. The van der Waals surface area contributed by atoms with Crippen LogP contribution in [0.4, 0.5) is 0 Å². The largest absolute Gasteiger partial charge is 0.492 e. The zero-order valence-electron chi connectivity index (χ0n) is 14.1. The zero-order chi connectivity index (χ0) is 17.5. The molecule has 5 heteroatoms. The molecule has 128 valence electrons. The van der Waals surface area contributed by atoms with Crippen LogP contribution in [-0.4, -0.2) is 25.2 Å². The second-order valence-electron chi connectivity index (χ2n) is 5.60. The van der Waals surface area contributed by atoms with Gasteiger partial charge < -0.3 is 14.8 Å². The lowest BCUT2D eigenvalue weighted by Crippen LogP contribution is -2.38. The highest BCUT2D eigenvalue weighted by Crippen LogP contribution is 2.18. The third-order valence-corrected chi connectivity index (χ3v) is 3.90. The van der Waals surface area contributed by atoms with Crippen LogP contribution in [0.25, 0.3) is 0 Å². The Morgan fingerprint density at radius 3 is 2.42 bits per heavy atom. The first kappa shape index (κ1) is 18.1. The van der Waals surface area contributed by atoms with E-state index in [4.69, 9.17) is 21.1 Å². The summed E-state index contributed by atoms with van der Waals surface area (Å²) >= 11 is 5.81. The number of amides is 1. The molecule has 1 N–H and O–H groups in total. The van der Waals surface area contributed by atoms with Crippen LogP contribution in [0.15, 0.2) is 42.5 Å². The van der Waals surface area contributed by atoms with Crippen LogP contribution in [0.2, 0.25) is 5.02 Å². The second-order valence-corrected chi connectivity index (χ2v) is 6.04. The van der Waals surface area contributed by atoms with Gasteiger partial charge in [-0.3, -0.25) is 4.79 Å². The molecule has 0 saturated heterocycles. The standard InChI is InChI=1S/C19H22ClNO3/c1-13-4-7-18(12-14(13)2)24-15(3)19(22)21-10-11-23-17-8-5-16(20)6-9-17/h4-9,12,15H,10-11H2,1-3H3,(H,21,22)/t15-/m1/s1. The van der Waals surface area contributed by atoms with Crippen LogP contribution in [0, 0.1) is 13.8 Å². The van der Waals surface area contributed by atoms with Crippen LogP contribution in [-0.2, 0) is 4.79 Å². The molecule has 2 aromatic rings. The fourth-order valence-corrected chi connectivity index (χ4v) is 2.19. The summed E-state index contributed by atoms with van der Waals surface area (Å²) < 4.78 is 11.2. The Bertz CT molecular complexity index is 686. The van der Waals surface area contributed by atoms with E-state index >= 15 is 0 Å². The molecule has 0 heterocycles. The molecule has 0 saturated carbocycles. The SMILES string of the molecule is Cc1ccc(O[C@H](C)C(=O)NCCOc2ccc(Cl)cc2)cc1C. The number of carbonyl (C=O) groups is 1. The van der Waals surface area contributed by atoms with Crippen molar-refractivity contribution in [2.24, 2.45) is 0 Å². The maximum Gasteiger partial charge on any atom is 0.260 e. The molecule has 4 nitrogen and oxygen atoms in total. The van der Waals surface area contributed by atoms with E-state index in [0.29, 0.717) is 29.7 Å². The lowest BCUT2D eigenvalue weighted by molar-refractivity contribution is -0.127. The molecule has 2 aromatic carbocycles. The van der Waals surface area contributed by atoms with Crippen molar-refractivity contribution in [3.05, 3.63) is 58.6 Å². The van der Waals surface area contributed by atoms with E-state index in [1.54, 1.807) is 31.2 Å². The third kappa shape index (κ3) is 5.46. The fourth-order valence-electron chi connectivity index (χ4n) is 2.06. The lowest BCUT2D eigenvalue weighted by Gasteiger charge is -2.15. The molecule has 0 fully saturated rings. The summed E-state index contributed by atoms with van der Waals surface area (Å²) in [5.74, 6) is 1.24. The number of carbonyl (C=O) groups excluding carboxylic acids is 1. The minimum atomic E-state index is -0.567. The molecule has 0 bridgehead atoms. The summed E-state index contributed by atoms with van der Waals surface area (Å²) in [5.41, 5.74) is 2.33. The van der Waals surface area contributed by atoms with Gasteiger partial charge in [-0.1, -0.05) is 17.7 Å². The Labute approximate surface area is 147 Å². The van der Waals surface area contributed by atoms with Crippen molar-refractivity contribution in [1.29, 1.82) is 0 Å². The number of hydrogen-bond donors (Lipinski definition) is 1. The monoisotopic (exact) mass is 347 g/mol. The Hall–Kier alpha value is -2.20. The maximum atomic E-state index is 12.0. The Balaban J connectivity index is 1.73. The molecule has 0 aliphatic rings. The molecule has 2 rings (SSSR count). The maximum absolute atomic E-state index is 12.0. The predicted molar refractivity (Wildman–Crippen MR) is 96.0 cm³/mol. The van der Waals surface area contributed by atoms with Crippen LogP contribution in [0.5, 0.6) is 11.5 Å². The normalized spacial score (nSPS) is 11.7. The highest BCUT2D eigenvalue weighted by molar-refractivity contribution is 6.30. The van der Waals surface area contributed by atoms with Gasteiger partial charge in [0.15, 0.2) is 6.10 Å². The van der Waals surface area contributed by atoms with E-state index in [-0.39, 0.29) is 5.91 Å². The topological polar surface area (TPSA) is 47.6 Å². The molecule has 24 heavy (non-hydrogen) atoms. The van der Waals surface area contributed by atoms with E-state index < -0.39 is 6.10 Å². The Morgan fingerprint density at radius 1 is 1.08 bits per heavy atom. The van der Waals surface area contributed by atoms with Crippen molar-refractivity contribution in [2.75, 3.05) is 13.2 Å². The first-order chi connectivity index (χ1) is 11.5. The number of hydrogen-bond acceptors (Lipinski definition) is 3. The average Bonchev–Trinajstić information content (AvgIpc) is 2.56. The summed E-state index contributed by atoms with van der Waals surface area (Å²) in [7, 11) is 0.